The molecule has 0 saturated heterocycles. The van der Waals surface area contributed by atoms with E-state index in [9.17, 15) is 9.59 Å². The van der Waals surface area contributed by atoms with Crippen LogP contribution in [0.5, 0.6) is 0 Å². The fourth-order valence-electron chi connectivity index (χ4n) is 2.32. The number of rotatable bonds is 7. The molecule has 2 rings (SSSR count). The summed E-state index contributed by atoms with van der Waals surface area (Å²) >= 11 is 1.43. The number of carbonyl (C=O) groups is 2. The smallest absolute Gasteiger partial charge is 0.225 e. The van der Waals surface area contributed by atoms with Gasteiger partial charge < -0.3 is 10.6 Å². The van der Waals surface area contributed by atoms with E-state index >= 15 is 0 Å². The lowest BCUT2D eigenvalue weighted by molar-refractivity contribution is -0.119. The van der Waals surface area contributed by atoms with Crippen LogP contribution in [0.15, 0.2) is 29.6 Å². The fraction of sp³-hybridized carbons (Fsp3) is 0.389. The van der Waals surface area contributed by atoms with Crippen molar-refractivity contribution in [3.8, 4) is 11.3 Å². The predicted molar refractivity (Wildman–Crippen MR) is 98.1 cm³/mol. The third-order valence-electron chi connectivity index (χ3n) is 3.64. The van der Waals surface area contributed by atoms with E-state index in [4.69, 9.17) is 0 Å². The molecule has 2 N–H and O–H groups in total. The van der Waals surface area contributed by atoms with Crippen LogP contribution in [0.4, 0.5) is 5.13 Å². The number of hydrogen-bond donors (Lipinski definition) is 2. The number of thiazole rings is 1. The summed E-state index contributed by atoms with van der Waals surface area (Å²) in [6.45, 7) is 5.36. The van der Waals surface area contributed by atoms with Gasteiger partial charge in [-0.15, -0.1) is 11.3 Å². The van der Waals surface area contributed by atoms with Crippen LogP contribution in [-0.2, 0) is 16.0 Å². The zero-order chi connectivity index (χ0) is 17.5. The average Bonchev–Trinajstić information content (AvgIpc) is 3.01. The first-order valence-electron chi connectivity index (χ1n) is 8.09. The Balaban J connectivity index is 1.94. The number of amides is 2. The van der Waals surface area contributed by atoms with Crippen molar-refractivity contribution in [1.82, 2.24) is 10.3 Å². The van der Waals surface area contributed by atoms with Gasteiger partial charge in [0.05, 0.1) is 5.69 Å². The molecule has 0 spiro atoms. The molecule has 0 saturated carbocycles. The molecule has 5 nitrogen and oxygen atoms in total. The normalized spacial score (nSPS) is 11.8. The molecule has 6 heteroatoms. The van der Waals surface area contributed by atoms with Gasteiger partial charge in [-0.25, -0.2) is 4.98 Å². The second-order valence-electron chi connectivity index (χ2n) is 5.78. The number of benzene rings is 1. The lowest BCUT2D eigenvalue weighted by atomic mass is 10.0. The zero-order valence-electron chi connectivity index (χ0n) is 14.3. The largest absolute Gasteiger partial charge is 0.354 e. The summed E-state index contributed by atoms with van der Waals surface area (Å²) in [7, 11) is 0. The molecule has 1 atom stereocenters. The van der Waals surface area contributed by atoms with Crippen LogP contribution in [0.2, 0.25) is 0 Å². The lowest BCUT2D eigenvalue weighted by Gasteiger charge is -2.12. The SMILES string of the molecule is CCC(=O)Nc1nc(-c2ccc(CCC(C)NC(C)=O)cc2)cs1. The van der Waals surface area contributed by atoms with E-state index < -0.39 is 0 Å². The minimum atomic E-state index is -0.0282. The Labute approximate surface area is 146 Å². The van der Waals surface area contributed by atoms with Crippen molar-refractivity contribution in [2.24, 2.45) is 0 Å². The van der Waals surface area contributed by atoms with Gasteiger partial charge in [0.25, 0.3) is 0 Å². The number of aryl methyl sites for hydroxylation is 1. The second kappa shape index (κ2) is 8.59. The van der Waals surface area contributed by atoms with Gasteiger partial charge in [-0.3, -0.25) is 9.59 Å². The standard InChI is InChI=1S/C18H23N3O2S/c1-4-17(23)21-18-20-16(11-24-18)15-9-7-14(8-10-15)6-5-12(2)19-13(3)22/h7-12H,4-6H2,1-3H3,(H,19,22)(H,20,21,23). The number of nitrogens with zero attached hydrogens (tertiary/aromatic N) is 1. The molecule has 2 aromatic rings. The number of nitrogens with one attached hydrogen (secondary N) is 2. The summed E-state index contributed by atoms with van der Waals surface area (Å²) < 4.78 is 0. The molecule has 1 unspecified atom stereocenters. The Bertz CT molecular complexity index is 695. The van der Waals surface area contributed by atoms with E-state index in [-0.39, 0.29) is 17.9 Å². The number of aromatic nitrogens is 1. The minimum Gasteiger partial charge on any atom is -0.354 e. The fourth-order valence-corrected chi connectivity index (χ4v) is 3.05. The first kappa shape index (κ1) is 18.1. The highest BCUT2D eigenvalue weighted by Gasteiger charge is 2.08. The Morgan fingerprint density at radius 3 is 2.58 bits per heavy atom. The monoisotopic (exact) mass is 345 g/mol. The second-order valence-corrected chi connectivity index (χ2v) is 6.63. The summed E-state index contributed by atoms with van der Waals surface area (Å²) in [6.07, 6.45) is 2.26. The Morgan fingerprint density at radius 1 is 1.25 bits per heavy atom. The molecule has 0 bridgehead atoms. The summed E-state index contributed by atoms with van der Waals surface area (Å²) in [5, 5.41) is 8.24. The summed E-state index contributed by atoms with van der Waals surface area (Å²) in [6, 6.07) is 8.42. The highest BCUT2D eigenvalue weighted by molar-refractivity contribution is 7.14. The highest BCUT2D eigenvalue weighted by Crippen LogP contribution is 2.25. The molecule has 0 aliphatic heterocycles. The Hall–Kier alpha value is -2.21. The third-order valence-corrected chi connectivity index (χ3v) is 4.39. The maximum atomic E-state index is 11.4. The van der Waals surface area contributed by atoms with Crippen molar-refractivity contribution in [2.45, 2.75) is 46.1 Å². The van der Waals surface area contributed by atoms with Gasteiger partial charge in [0.15, 0.2) is 5.13 Å². The summed E-state index contributed by atoms with van der Waals surface area (Å²) in [4.78, 5) is 26.9. The van der Waals surface area contributed by atoms with Gasteiger partial charge in [-0.2, -0.15) is 0 Å². The van der Waals surface area contributed by atoms with Gasteiger partial charge in [-0.1, -0.05) is 31.2 Å². The minimum absolute atomic E-state index is 0.00680. The van der Waals surface area contributed by atoms with Crippen molar-refractivity contribution in [2.75, 3.05) is 5.32 Å². The maximum absolute atomic E-state index is 11.4. The summed E-state index contributed by atoms with van der Waals surface area (Å²) in [5.74, 6) is -0.0214. The van der Waals surface area contributed by atoms with Crippen molar-refractivity contribution in [3.63, 3.8) is 0 Å². The van der Waals surface area contributed by atoms with Crippen LogP contribution in [-0.4, -0.2) is 22.8 Å². The van der Waals surface area contributed by atoms with Crippen LogP contribution in [0.3, 0.4) is 0 Å². The molecule has 0 aliphatic rings. The molecule has 0 radical (unpaired) electrons. The Morgan fingerprint density at radius 2 is 1.96 bits per heavy atom. The average molecular weight is 345 g/mol. The van der Waals surface area contributed by atoms with Gasteiger partial charge in [-0.05, 0) is 25.3 Å². The first-order chi connectivity index (χ1) is 11.5. The van der Waals surface area contributed by atoms with Crippen molar-refractivity contribution < 1.29 is 9.59 Å². The van der Waals surface area contributed by atoms with Crippen LogP contribution in [0, 0.1) is 0 Å². The molecule has 1 aromatic carbocycles. The molecule has 24 heavy (non-hydrogen) atoms. The first-order valence-corrected chi connectivity index (χ1v) is 8.97. The summed E-state index contributed by atoms with van der Waals surface area (Å²) in [5.41, 5.74) is 3.12. The maximum Gasteiger partial charge on any atom is 0.225 e. The molecule has 128 valence electrons. The van der Waals surface area contributed by atoms with E-state index in [0.717, 1.165) is 24.1 Å². The van der Waals surface area contributed by atoms with Gasteiger partial charge in [0.1, 0.15) is 0 Å². The lowest BCUT2D eigenvalue weighted by Crippen LogP contribution is -2.30. The molecule has 2 amide bonds. The number of hydrogen-bond acceptors (Lipinski definition) is 4. The van der Waals surface area contributed by atoms with Crippen molar-refractivity contribution in [3.05, 3.63) is 35.2 Å². The van der Waals surface area contributed by atoms with E-state index in [1.165, 1.54) is 23.8 Å². The van der Waals surface area contributed by atoms with Crippen LogP contribution in [0.25, 0.3) is 11.3 Å². The topological polar surface area (TPSA) is 71.1 Å². The molecule has 1 heterocycles. The van der Waals surface area contributed by atoms with Crippen LogP contribution in [0.1, 0.15) is 39.2 Å². The van der Waals surface area contributed by atoms with Gasteiger partial charge in [0, 0.05) is 30.3 Å². The van der Waals surface area contributed by atoms with E-state index in [1.54, 1.807) is 0 Å². The van der Waals surface area contributed by atoms with Gasteiger partial charge in [0.2, 0.25) is 11.8 Å². The Kier molecular flexibility index (Phi) is 6.49. The van der Waals surface area contributed by atoms with Crippen molar-refractivity contribution in [1.29, 1.82) is 0 Å². The third kappa shape index (κ3) is 5.45. The van der Waals surface area contributed by atoms with E-state index in [1.807, 2.05) is 31.4 Å². The zero-order valence-corrected chi connectivity index (χ0v) is 15.1. The quantitative estimate of drug-likeness (QED) is 0.805. The number of carbonyl (C=O) groups excluding carboxylic acids is 2. The van der Waals surface area contributed by atoms with Gasteiger partial charge >= 0.3 is 0 Å². The predicted octanol–water partition coefficient (Wildman–Crippen LogP) is 3.62. The van der Waals surface area contributed by atoms with Crippen LogP contribution < -0.4 is 10.6 Å². The van der Waals surface area contributed by atoms with Crippen LogP contribution >= 0.6 is 11.3 Å². The molecular weight excluding hydrogens is 322 g/mol. The highest BCUT2D eigenvalue weighted by atomic mass is 32.1. The molecule has 0 aliphatic carbocycles. The molecular formula is C18H23N3O2S. The van der Waals surface area contributed by atoms with Crippen molar-refractivity contribution >= 4 is 28.3 Å². The van der Waals surface area contributed by atoms with E-state index in [2.05, 4.69) is 27.8 Å². The number of anilines is 1. The molecule has 1 aromatic heterocycles. The molecule has 0 fully saturated rings. The van der Waals surface area contributed by atoms with E-state index in [0.29, 0.717) is 11.6 Å².